The van der Waals surface area contributed by atoms with Gasteiger partial charge in [-0.2, -0.15) is 5.10 Å². The van der Waals surface area contributed by atoms with E-state index < -0.39 is 0 Å². The van der Waals surface area contributed by atoms with Crippen molar-refractivity contribution >= 4 is 0 Å². The van der Waals surface area contributed by atoms with E-state index in [-0.39, 0.29) is 5.54 Å². The van der Waals surface area contributed by atoms with Crippen LogP contribution < -0.4 is 5.32 Å². The Kier molecular flexibility index (Phi) is 5.38. The first-order chi connectivity index (χ1) is 10.0. The molecular formula is C16H31N5. The highest BCUT2D eigenvalue weighted by Crippen LogP contribution is 2.25. The van der Waals surface area contributed by atoms with Gasteiger partial charge >= 0.3 is 0 Å². The minimum absolute atomic E-state index is 0.258. The summed E-state index contributed by atoms with van der Waals surface area (Å²) in [5.41, 5.74) is 0.258. The summed E-state index contributed by atoms with van der Waals surface area (Å²) in [6.45, 7) is 14.3. The Morgan fingerprint density at radius 2 is 2.05 bits per heavy atom. The lowest BCUT2D eigenvalue weighted by Gasteiger charge is -2.47. The molecule has 1 aliphatic heterocycles. The quantitative estimate of drug-likeness (QED) is 0.876. The molecule has 1 saturated heterocycles. The average molecular weight is 293 g/mol. The van der Waals surface area contributed by atoms with E-state index in [1.165, 1.54) is 19.3 Å². The first-order valence-electron chi connectivity index (χ1n) is 8.42. The van der Waals surface area contributed by atoms with E-state index >= 15 is 0 Å². The molecule has 1 aromatic rings. The van der Waals surface area contributed by atoms with Gasteiger partial charge in [-0.3, -0.25) is 4.90 Å². The van der Waals surface area contributed by atoms with Crippen LogP contribution in [0.25, 0.3) is 0 Å². The molecule has 0 aromatic carbocycles. The van der Waals surface area contributed by atoms with Crippen LogP contribution in [-0.4, -0.2) is 44.3 Å². The maximum atomic E-state index is 4.49. The third-order valence-corrected chi connectivity index (χ3v) is 5.04. The Morgan fingerprint density at radius 3 is 2.62 bits per heavy atom. The van der Waals surface area contributed by atoms with E-state index in [0.717, 1.165) is 25.5 Å². The molecule has 5 heteroatoms. The summed E-state index contributed by atoms with van der Waals surface area (Å²) < 4.78 is 2.05. The Bertz CT molecular complexity index is 436. The van der Waals surface area contributed by atoms with Gasteiger partial charge < -0.3 is 5.32 Å². The number of aromatic nitrogens is 3. The summed E-state index contributed by atoms with van der Waals surface area (Å²) in [7, 11) is 0. The summed E-state index contributed by atoms with van der Waals surface area (Å²) >= 11 is 0. The van der Waals surface area contributed by atoms with Crippen LogP contribution >= 0.6 is 0 Å². The molecule has 5 nitrogen and oxygen atoms in total. The first-order valence-corrected chi connectivity index (χ1v) is 8.42. The zero-order chi connectivity index (χ0) is 15.5. The highest BCUT2D eigenvalue weighted by Gasteiger charge is 2.36. The summed E-state index contributed by atoms with van der Waals surface area (Å²) in [6, 6.07) is 0.959. The second-order valence-electron chi connectivity index (χ2n) is 6.55. The Morgan fingerprint density at radius 1 is 1.33 bits per heavy atom. The monoisotopic (exact) mass is 293 g/mol. The highest BCUT2D eigenvalue weighted by molar-refractivity contribution is 4.98. The van der Waals surface area contributed by atoms with Crippen molar-refractivity contribution in [3.63, 3.8) is 0 Å². The summed E-state index contributed by atoms with van der Waals surface area (Å²) in [4.78, 5) is 7.09. The first kappa shape index (κ1) is 16.4. The van der Waals surface area contributed by atoms with Crippen molar-refractivity contribution in [1.82, 2.24) is 25.0 Å². The lowest BCUT2D eigenvalue weighted by Crippen LogP contribution is -2.63. The van der Waals surface area contributed by atoms with E-state index in [9.17, 15) is 0 Å². The molecule has 0 bridgehead atoms. The third kappa shape index (κ3) is 3.46. The zero-order valence-corrected chi connectivity index (χ0v) is 14.3. The fraction of sp³-hybridized carbons (Fsp3) is 0.875. The van der Waals surface area contributed by atoms with E-state index in [0.29, 0.717) is 12.1 Å². The second kappa shape index (κ2) is 6.88. The SMILES string of the molecule is CCC1CNC(CC)(CC)CN1Cc1ncnn1C(C)C. The third-order valence-electron chi connectivity index (χ3n) is 5.04. The van der Waals surface area contributed by atoms with Crippen LogP contribution in [0.1, 0.15) is 65.7 Å². The van der Waals surface area contributed by atoms with Crippen LogP contribution in [0.3, 0.4) is 0 Å². The van der Waals surface area contributed by atoms with Gasteiger partial charge in [0, 0.05) is 30.7 Å². The zero-order valence-electron chi connectivity index (χ0n) is 14.3. The van der Waals surface area contributed by atoms with E-state index in [1.807, 2.05) is 4.68 Å². The van der Waals surface area contributed by atoms with E-state index in [1.54, 1.807) is 6.33 Å². The minimum atomic E-state index is 0.258. The van der Waals surface area contributed by atoms with Crippen molar-refractivity contribution in [2.45, 2.75) is 78.0 Å². The van der Waals surface area contributed by atoms with E-state index in [4.69, 9.17) is 0 Å². The fourth-order valence-corrected chi connectivity index (χ4v) is 3.35. The van der Waals surface area contributed by atoms with Crippen LogP contribution in [0, 0.1) is 0 Å². The normalized spacial score (nSPS) is 22.9. The standard InChI is InChI=1S/C16H31N5/c1-6-14-9-18-16(7-2,8-3)11-20(14)10-15-17-12-19-21(15)13(4)5/h12-14,18H,6-11H2,1-5H3. The van der Waals surface area contributed by atoms with Gasteiger partial charge in [-0.05, 0) is 33.1 Å². The molecule has 1 fully saturated rings. The molecule has 0 spiro atoms. The average Bonchev–Trinajstić information content (AvgIpc) is 2.95. The molecule has 0 saturated carbocycles. The van der Waals surface area contributed by atoms with Crippen molar-refractivity contribution in [3.05, 3.63) is 12.2 Å². The molecule has 0 amide bonds. The Hall–Kier alpha value is -0.940. The molecule has 2 heterocycles. The van der Waals surface area contributed by atoms with Crippen LogP contribution in [0.15, 0.2) is 6.33 Å². The van der Waals surface area contributed by atoms with Crippen molar-refractivity contribution in [3.8, 4) is 0 Å². The molecule has 1 aromatic heterocycles. The van der Waals surface area contributed by atoms with Crippen LogP contribution in [0.2, 0.25) is 0 Å². The number of hydrogen-bond acceptors (Lipinski definition) is 4. The number of nitrogens with zero attached hydrogens (tertiary/aromatic N) is 4. The van der Waals surface area contributed by atoms with Crippen LogP contribution in [0.5, 0.6) is 0 Å². The molecule has 21 heavy (non-hydrogen) atoms. The molecule has 1 aliphatic rings. The Balaban J connectivity index is 2.16. The highest BCUT2D eigenvalue weighted by atomic mass is 15.4. The van der Waals surface area contributed by atoms with Crippen molar-refractivity contribution < 1.29 is 0 Å². The summed E-state index contributed by atoms with van der Waals surface area (Å²) in [5, 5.41) is 8.17. The molecule has 0 radical (unpaired) electrons. The van der Waals surface area contributed by atoms with Crippen LogP contribution in [0.4, 0.5) is 0 Å². The van der Waals surface area contributed by atoms with Gasteiger partial charge in [0.05, 0.1) is 6.54 Å². The van der Waals surface area contributed by atoms with Crippen molar-refractivity contribution in [1.29, 1.82) is 0 Å². The molecule has 2 rings (SSSR count). The molecule has 1 N–H and O–H groups in total. The van der Waals surface area contributed by atoms with E-state index in [2.05, 4.69) is 54.9 Å². The molecule has 1 unspecified atom stereocenters. The van der Waals surface area contributed by atoms with Gasteiger partial charge in [0.1, 0.15) is 12.2 Å². The molecule has 0 aliphatic carbocycles. The molecule has 1 atom stereocenters. The van der Waals surface area contributed by atoms with Crippen molar-refractivity contribution in [2.75, 3.05) is 13.1 Å². The lowest BCUT2D eigenvalue weighted by atomic mass is 9.88. The molecular weight excluding hydrogens is 262 g/mol. The lowest BCUT2D eigenvalue weighted by molar-refractivity contribution is 0.0608. The number of rotatable bonds is 6. The van der Waals surface area contributed by atoms with Gasteiger partial charge in [-0.1, -0.05) is 20.8 Å². The maximum absolute atomic E-state index is 4.49. The minimum Gasteiger partial charge on any atom is -0.308 e. The predicted octanol–water partition coefficient (Wildman–Crippen LogP) is 2.60. The largest absolute Gasteiger partial charge is 0.308 e. The van der Waals surface area contributed by atoms with Gasteiger partial charge in [0.2, 0.25) is 0 Å². The second-order valence-corrected chi connectivity index (χ2v) is 6.55. The summed E-state index contributed by atoms with van der Waals surface area (Å²) in [5.74, 6) is 1.09. The van der Waals surface area contributed by atoms with Gasteiger partial charge in [-0.15, -0.1) is 0 Å². The smallest absolute Gasteiger partial charge is 0.141 e. The van der Waals surface area contributed by atoms with Gasteiger partial charge in [0.15, 0.2) is 0 Å². The number of piperazine rings is 1. The number of hydrogen-bond donors (Lipinski definition) is 1. The van der Waals surface area contributed by atoms with Gasteiger partial charge in [0.25, 0.3) is 0 Å². The topological polar surface area (TPSA) is 46.0 Å². The summed E-state index contributed by atoms with van der Waals surface area (Å²) in [6.07, 6.45) is 5.21. The maximum Gasteiger partial charge on any atom is 0.141 e. The van der Waals surface area contributed by atoms with Crippen molar-refractivity contribution in [2.24, 2.45) is 0 Å². The fourth-order valence-electron chi connectivity index (χ4n) is 3.35. The number of nitrogens with one attached hydrogen (secondary N) is 1. The van der Waals surface area contributed by atoms with Gasteiger partial charge in [-0.25, -0.2) is 9.67 Å². The van der Waals surface area contributed by atoms with Crippen LogP contribution in [-0.2, 0) is 6.54 Å². The Labute approximate surface area is 129 Å². The predicted molar refractivity (Wildman–Crippen MR) is 86.2 cm³/mol. The molecule has 120 valence electrons.